The molecule has 0 saturated carbocycles. The maximum Gasteiger partial charge on any atom is 0.371 e. The van der Waals surface area contributed by atoms with Gasteiger partial charge in [-0.25, -0.2) is 19.2 Å². The number of hydrogen-bond acceptors (Lipinski definition) is 6. The fourth-order valence-corrected chi connectivity index (χ4v) is 1.57. The van der Waals surface area contributed by atoms with Crippen LogP contribution < -0.4 is 0 Å². The van der Waals surface area contributed by atoms with Crippen molar-refractivity contribution in [2.75, 3.05) is 0 Å². The van der Waals surface area contributed by atoms with Gasteiger partial charge in [0.2, 0.25) is 11.5 Å². The molecule has 2 heterocycles. The zero-order valence-corrected chi connectivity index (χ0v) is 15.9. The summed E-state index contributed by atoms with van der Waals surface area (Å²) in [7, 11) is 0. The lowest BCUT2D eigenvalue weighted by Crippen LogP contribution is -2.24. The number of aliphatic carboxylic acids is 2. The first kappa shape index (κ1) is 32.0. The van der Waals surface area contributed by atoms with Gasteiger partial charge in [-0.05, 0) is 25.0 Å². The van der Waals surface area contributed by atoms with Gasteiger partial charge in [-0.15, -0.1) is 49.6 Å². The van der Waals surface area contributed by atoms with E-state index < -0.39 is 36.1 Å². The number of carbonyl (C=O) groups is 4. The number of hydrogen-bond donors (Lipinski definition) is 4. The molecule has 1 aromatic rings. The molecule has 0 bridgehead atoms. The van der Waals surface area contributed by atoms with Gasteiger partial charge in [0.1, 0.15) is 0 Å². The van der Waals surface area contributed by atoms with Crippen LogP contribution in [0.2, 0.25) is 0 Å². The van der Waals surface area contributed by atoms with Gasteiger partial charge in [0.15, 0.2) is 12.2 Å². The van der Waals surface area contributed by atoms with Gasteiger partial charge >= 0.3 is 23.9 Å². The maximum absolute atomic E-state index is 10.3. The van der Waals surface area contributed by atoms with Crippen LogP contribution in [0.1, 0.15) is 34.0 Å². The molecule has 1 fully saturated rings. The van der Waals surface area contributed by atoms with E-state index in [-0.39, 0.29) is 74.0 Å². The molecule has 1 saturated heterocycles. The highest BCUT2D eigenvalue weighted by Crippen LogP contribution is 2.19. The van der Waals surface area contributed by atoms with Crippen LogP contribution in [0.25, 0.3) is 0 Å². The average Bonchev–Trinajstić information content (AvgIpc) is 3.09. The van der Waals surface area contributed by atoms with Crippen LogP contribution in [0.3, 0.4) is 0 Å². The fourth-order valence-electron chi connectivity index (χ4n) is 1.57. The summed E-state index contributed by atoms with van der Waals surface area (Å²) in [6.07, 6.45) is -1.30. The Morgan fingerprint density at radius 1 is 0.731 bits per heavy atom. The van der Waals surface area contributed by atoms with Crippen molar-refractivity contribution in [3.63, 3.8) is 0 Å². The first-order valence-corrected chi connectivity index (χ1v) is 5.90. The summed E-state index contributed by atoms with van der Waals surface area (Å²) in [5.74, 6) is -5.48. The van der Waals surface area contributed by atoms with Crippen LogP contribution in [0.4, 0.5) is 0 Å². The predicted molar refractivity (Wildman–Crippen MR) is 94.8 cm³/mol. The number of halogens is 4. The van der Waals surface area contributed by atoms with Crippen molar-refractivity contribution in [1.29, 1.82) is 0 Å². The summed E-state index contributed by atoms with van der Waals surface area (Å²) in [4.78, 5) is 40.8. The lowest BCUT2D eigenvalue weighted by molar-refractivity contribution is -0.157. The smallest absolute Gasteiger partial charge is 0.371 e. The van der Waals surface area contributed by atoms with E-state index in [2.05, 4.69) is 9.15 Å². The lowest BCUT2D eigenvalue weighted by Gasteiger charge is -2.04. The number of aromatic carboxylic acids is 2. The Kier molecular flexibility index (Phi) is 17.8. The zero-order valence-electron chi connectivity index (χ0n) is 12.6. The topological polar surface area (TPSA) is 172 Å². The van der Waals surface area contributed by atoms with Gasteiger partial charge in [0.25, 0.3) is 0 Å². The summed E-state index contributed by atoms with van der Waals surface area (Å²) in [6.45, 7) is 0. The van der Waals surface area contributed by atoms with Gasteiger partial charge in [0.05, 0.1) is 0 Å². The highest BCUT2D eigenvalue weighted by Gasteiger charge is 2.34. The first-order valence-electron chi connectivity index (χ1n) is 5.90. The van der Waals surface area contributed by atoms with E-state index in [9.17, 15) is 19.2 Å². The molecular formula is C12H16Cl4O10. The lowest BCUT2D eigenvalue weighted by atomic mass is 10.2. The van der Waals surface area contributed by atoms with Gasteiger partial charge < -0.3 is 29.6 Å². The Balaban J connectivity index is -0.000000161. The molecule has 2 atom stereocenters. The molecular weight excluding hydrogens is 446 g/mol. The molecule has 0 aliphatic carbocycles. The van der Waals surface area contributed by atoms with Crippen LogP contribution in [0.5, 0.6) is 0 Å². The quantitative estimate of drug-likeness (QED) is 0.519. The highest BCUT2D eigenvalue weighted by atomic mass is 35.5. The normalized spacial score (nSPS) is 16.8. The van der Waals surface area contributed by atoms with E-state index in [1.807, 2.05) is 0 Å². The van der Waals surface area contributed by atoms with Crippen molar-refractivity contribution in [2.24, 2.45) is 0 Å². The zero-order chi connectivity index (χ0) is 16.9. The third kappa shape index (κ3) is 9.68. The molecule has 0 amide bonds. The molecule has 1 aliphatic rings. The third-order valence-electron chi connectivity index (χ3n) is 2.60. The molecule has 4 N–H and O–H groups in total. The highest BCUT2D eigenvalue weighted by molar-refractivity contribution is 5.89. The van der Waals surface area contributed by atoms with Crippen molar-refractivity contribution in [3.8, 4) is 0 Å². The number of ether oxygens (including phenoxy) is 1. The van der Waals surface area contributed by atoms with Crippen molar-refractivity contribution in [1.82, 2.24) is 0 Å². The van der Waals surface area contributed by atoms with Crippen molar-refractivity contribution < 1.29 is 48.8 Å². The summed E-state index contributed by atoms with van der Waals surface area (Å²) >= 11 is 0. The van der Waals surface area contributed by atoms with Gasteiger partial charge in [0, 0.05) is 0 Å². The minimum atomic E-state index is -1.28. The molecule has 2 rings (SSSR count). The second-order valence-corrected chi connectivity index (χ2v) is 4.14. The molecule has 1 aromatic heterocycles. The van der Waals surface area contributed by atoms with Crippen molar-refractivity contribution in [3.05, 3.63) is 23.7 Å². The van der Waals surface area contributed by atoms with E-state index in [0.717, 1.165) is 12.1 Å². The van der Waals surface area contributed by atoms with Crippen molar-refractivity contribution in [2.45, 2.75) is 25.0 Å². The first-order chi connectivity index (χ1) is 10.2. The second-order valence-electron chi connectivity index (χ2n) is 4.14. The third-order valence-corrected chi connectivity index (χ3v) is 2.60. The Morgan fingerprint density at radius 3 is 1.19 bits per heavy atom. The van der Waals surface area contributed by atoms with E-state index in [1.165, 1.54) is 0 Å². The molecule has 1 aliphatic heterocycles. The molecule has 2 unspecified atom stereocenters. The minimum Gasteiger partial charge on any atom is -0.479 e. The number of furan rings is 1. The largest absolute Gasteiger partial charge is 0.479 e. The Bertz CT molecular complexity index is 554. The minimum absolute atomic E-state index is 0. The predicted octanol–water partition coefficient (Wildman–Crippen LogP) is 2.07. The molecule has 0 radical (unpaired) electrons. The maximum atomic E-state index is 10.3. The van der Waals surface area contributed by atoms with Crippen LogP contribution in [-0.2, 0) is 14.3 Å². The Morgan fingerprint density at radius 2 is 1.04 bits per heavy atom. The van der Waals surface area contributed by atoms with Crippen LogP contribution in [0, 0.1) is 0 Å². The molecule has 0 spiro atoms. The number of carboxylic acids is 4. The molecule has 0 aromatic carbocycles. The van der Waals surface area contributed by atoms with Gasteiger partial charge in [-0.2, -0.15) is 0 Å². The number of rotatable bonds is 4. The standard InChI is InChI=1S/C6H8O5.C6H4O5.4ClH/c2*7-5(8)3-1-2-4(11-3)6(9)10;;;;/h3-4H,1-2H2,(H,7,8)(H,9,10);1-2H,(H,7,8)(H,9,10);4*1H. The van der Waals surface area contributed by atoms with E-state index in [4.69, 9.17) is 20.4 Å². The van der Waals surface area contributed by atoms with Gasteiger partial charge in [-0.3, -0.25) is 0 Å². The van der Waals surface area contributed by atoms with E-state index in [1.54, 1.807) is 0 Å². The molecule has 14 heteroatoms. The average molecular weight is 462 g/mol. The monoisotopic (exact) mass is 460 g/mol. The second kappa shape index (κ2) is 14.4. The fraction of sp³-hybridized carbons (Fsp3) is 0.333. The Hall–Kier alpha value is -1.72. The summed E-state index contributed by atoms with van der Waals surface area (Å²) in [5, 5.41) is 33.4. The molecule has 10 nitrogen and oxygen atoms in total. The van der Waals surface area contributed by atoms with Crippen LogP contribution in [-0.4, -0.2) is 56.5 Å². The van der Waals surface area contributed by atoms with Crippen molar-refractivity contribution >= 4 is 73.5 Å². The summed E-state index contributed by atoms with van der Waals surface area (Å²) < 4.78 is 9.09. The van der Waals surface area contributed by atoms with Gasteiger partial charge in [-0.1, -0.05) is 0 Å². The summed E-state index contributed by atoms with van der Waals surface area (Å²) in [6, 6.07) is 2.18. The van der Waals surface area contributed by atoms with E-state index >= 15 is 0 Å². The molecule has 152 valence electrons. The molecule has 26 heavy (non-hydrogen) atoms. The summed E-state index contributed by atoms with van der Waals surface area (Å²) in [5.41, 5.74) is 0. The SMILES string of the molecule is Cl.Cl.Cl.Cl.O=C(O)C1CCC(C(=O)O)O1.O=C(O)c1ccc(C(=O)O)o1. The number of carboxylic acid groups (broad SMARTS) is 4. The van der Waals surface area contributed by atoms with Crippen LogP contribution >= 0.6 is 49.6 Å². The van der Waals surface area contributed by atoms with Crippen LogP contribution in [0.15, 0.2) is 16.5 Å². The van der Waals surface area contributed by atoms with E-state index in [0.29, 0.717) is 0 Å². The Labute approximate surface area is 171 Å².